The molecule has 2 aliphatic rings. The summed E-state index contributed by atoms with van der Waals surface area (Å²) in [5.41, 5.74) is 1.45. The summed E-state index contributed by atoms with van der Waals surface area (Å²) in [7, 11) is 1.76. The molecule has 1 aromatic carbocycles. The number of anilines is 1. The monoisotopic (exact) mass is 389 g/mol. The van der Waals surface area contributed by atoms with Gasteiger partial charge in [-0.25, -0.2) is 4.79 Å². The molecule has 3 unspecified atom stereocenters. The van der Waals surface area contributed by atoms with Crippen LogP contribution in [0.1, 0.15) is 25.3 Å². The van der Waals surface area contributed by atoms with Gasteiger partial charge in [0, 0.05) is 38.8 Å². The lowest BCUT2D eigenvalue weighted by atomic mass is 9.91. The molecule has 1 aromatic rings. The van der Waals surface area contributed by atoms with E-state index in [1.54, 1.807) is 35.0 Å². The van der Waals surface area contributed by atoms with E-state index in [2.05, 4.69) is 5.32 Å². The zero-order valence-corrected chi connectivity index (χ0v) is 16.5. The SMILES string of the molecule is Cc1cc(OC2CCN(C)C2=O)ccc1NC(=O)N1CC(C)CC(C(=O)O)C1. The van der Waals surface area contributed by atoms with Gasteiger partial charge in [0.2, 0.25) is 0 Å². The fraction of sp³-hybridized carbons (Fsp3) is 0.550. The maximum atomic E-state index is 12.6. The van der Waals surface area contributed by atoms with Crippen LogP contribution >= 0.6 is 0 Å². The first-order chi connectivity index (χ1) is 13.2. The van der Waals surface area contributed by atoms with Crippen LogP contribution in [0.5, 0.6) is 5.75 Å². The van der Waals surface area contributed by atoms with Crippen LogP contribution in [0.2, 0.25) is 0 Å². The summed E-state index contributed by atoms with van der Waals surface area (Å²) in [5, 5.41) is 12.1. The fourth-order valence-corrected chi connectivity index (χ4v) is 3.80. The minimum absolute atomic E-state index is 0.0257. The first-order valence-corrected chi connectivity index (χ1v) is 9.55. The highest BCUT2D eigenvalue weighted by Gasteiger charge is 2.32. The summed E-state index contributed by atoms with van der Waals surface area (Å²) in [4.78, 5) is 39.1. The fourth-order valence-electron chi connectivity index (χ4n) is 3.80. The molecule has 8 heteroatoms. The predicted octanol–water partition coefficient (Wildman–Crippen LogP) is 2.18. The highest BCUT2D eigenvalue weighted by atomic mass is 16.5. The smallest absolute Gasteiger partial charge is 0.321 e. The second-order valence-corrected chi connectivity index (χ2v) is 7.84. The number of carbonyl (C=O) groups is 3. The van der Waals surface area contributed by atoms with Crippen molar-refractivity contribution < 1.29 is 24.2 Å². The van der Waals surface area contributed by atoms with Crippen LogP contribution in [0.15, 0.2) is 18.2 Å². The largest absolute Gasteiger partial charge is 0.481 e. The number of hydrogen-bond donors (Lipinski definition) is 2. The minimum atomic E-state index is -0.867. The highest BCUT2D eigenvalue weighted by molar-refractivity contribution is 5.90. The number of aryl methyl sites for hydroxylation is 1. The molecule has 8 nitrogen and oxygen atoms in total. The lowest BCUT2D eigenvalue weighted by Gasteiger charge is -2.34. The molecule has 28 heavy (non-hydrogen) atoms. The van der Waals surface area contributed by atoms with Crippen LogP contribution in [0.4, 0.5) is 10.5 Å². The Bertz CT molecular complexity index is 781. The Hall–Kier alpha value is -2.77. The number of carboxylic acid groups (broad SMARTS) is 1. The van der Waals surface area contributed by atoms with Gasteiger partial charge in [0.1, 0.15) is 5.75 Å². The number of amides is 3. The van der Waals surface area contributed by atoms with Crippen molar-refractivity contribution in [1.82, 2.24) is 9.80 Å². The van der Waals surface area contributed by atoms with Crippen molar-refractivity contribution in [3.8, 4) is 5.75 Å². The number of aliphatic carboxylic acids is 1. The average molecular weight is 389 g/mol. The molecule has 0 aliphatic carbocycles. The van der Waals surface area contributed by atoms with Gasteiger partial charge in [-0.15, -0.1) is 0 Å². The lowest BCUT2D eigenvalue weighted by Crippen LogP contribution is -2.47. The summed E-state index contributed by atoms with van der Waals surface area (Å²) in [6.07, 6.45) is 0.775. The van der Waals surface area contributed by atoms with Crippen LogP contribution < -0.4 is 10.1 Å². The van der Waals surface area contributed by atoms with Crippen molar-refractivity contribution in [2.45, 2.75) is 32.8 Å². The molecule has 2 heterocycles. The molecule has 0 spiro atoms. The predicted molar refractivity (Wildman–Crippen MR) is 103 cm³/mol. The van der Waals surface area contributed by atoms with E-state index >= 15 is 0 Å². The van der Waals surface area contributed by atoms with Crippen molar-refractivity contribution in [2.24, 2.45) is 11.8 Å². The molecular formula is C20H27N3O5. The van der Waals surface area contributed by atoms with E-state index in [9.17, 15) is 19.5 Å². The molecule has 0 saturated carbocycles. The Morgan fingerprint density at radius 3 is 2.64 bits per heavy atom. The topological polar surface area (TPSA) is 99.2 Å². The van der Waals surface area contributed by atoms with Crippen LogP contribution in [-0.4, -0.2) is 65.6 Å². The molecule has 2 fully saturated rings. The van der Waals surface area contributed by atoms with Crippen molar-refractivity contribution in [1.29, 1.82) is 0 Å². The molecular weight excluding hydrogens is 362 g/mol. The number of nitrogens with zero attached hydrogens (tertiary/aromatic N) is 2. The van der Waals surface area contributed by atoms with Crippen LogP contribution in [0.3, 0.4) is 0 Å². The Morgan fingerprint density at radius 2 is 2.04 bits per heavy atom. The van der Waals surface area contributed by atoms with E-state index < -0.39 is 18.0 Å². The third-order valence-corrected chi connectivity index (χ3v) is 5.39. The Labute approximate surface area is 164 Å². The van der Waals surface area contributed by atoms with Crippen LogP contribution in [0, 0.1) is 18.8 Å². The van der Waals surface area contributed by atoms with E-state index in [4.69, 9.17) is 4.74 Å². The number of carboxylic acids is 1. The van der Waals surface area contributed by atoms with Crippen molar-refractivity contribution in [3.05, 3.63) is 23.8 Å². The molecule has 0 aromatic heterocycles. The summed E-state index contributed by atoms with van der Waals surface area (Å²) < 4.78 is 5.79. The van der Waals surface area contributed by atoms with Gasteiger partial charge >= 0.3 is 12.0 Å². The van der Waals surface area contributed by atoms with Crippen molar-refractivity contribution in [2.75, 3.05) is 32.0 Å². The number of likely N-dealkylation sites (tertiary alicyclic amines) is 2. The maximum Gasteiger partial charge on any atom is 0.321 e. The van der Waals surface area contributed by atoms with Gasteiger partial charge in [-0.1, -0.05) is 6.92 Å². The quantitative estimate of drug-likeness (QED) is 0.822. The Balaban J connectivity index is 1.63. The van der Waals surface area contributed by atoms with Gasteiger partial charge in [-0.05, 0) is 43.0 Å². The van der Waals surface area contributed by atoms with E-state index in [0.29, 0.717) is 37.4 Å². The van der Waals surface area contributed by atoms with Gasteiger partial charge < -0.3 is 25.0 Å². The van der Waals surface area contributed by atoms with E-state index in [1.807, 2.05) is 13.8 Å². The maximum absolute atomic E-state index is 12.6. The standard InChI is InChI=1S/C20H27N3O5/c1-12-8-14(19(25)26)11-23(10-12)20(27)21-16-5-4-15(9-13(16)2)28-17-6-7-22(3)18(17)24/h4-5,9,12,14,17H,6-8,10-11H2,1-3H3,(H,21,27)(H,25,26). The summed E-state index contributed by atoms with van der Waals surface area (Å²) in [6, 6.07) is 4.96. The van der Waals surface area contributed by atoms with Gasteiger partial charge in [0.25, 0.3) is 5.91 Å². The highest BCUT2D eigenvalue weighted by Crippen LogP contribution is 2.26. The number of piperidine rings is 1. The van der Waals surface area contributed by atoms with E-state index in [-0.39, 0.29) is 24.4 Å². The second-order valence-electron chi connectivity index (χ2n) is 7.84. The number of nitrogens with one attached hydrogen (secondary N) is 1. The molecule has 2 aliphatic heterocycles. The third-order valence-electron chi connectivity index (χ3n) is 5.39. The Kier molecular flexibility index (Phi) is 5.76. The van der Waals surface area contributed by atoms with Gasteiger partial charge in [-0.3, -0.25) is 9.59 Å². The number of benzene rings is 1. The molecule has 3 amide bonds. The van der Waals surface area contributed by atoms with Gasteiger partial charge in [0.15, 0.2) is 6.10 Å². The number of hydrogen-bond acceptors (Lipinski definition) is 4. The number of ether oxygens (including phenoxy) is 1. The number of rotatable bonds is 4. The molecule has 0 radical (unpaired) electrons. The molecule has 3 atom stereocenters. The van der Waals surface area contributed by atoms with Crippen LogP contribution in [0.25, 0.3) is 0 Å². The zero-order valence-electron chi connectivity index (χ0n) is 16.5. The average Bonchev–Trinajstić information content (AvgIpc) is 2.95. The molecule has 0 bridgehead atoms. The third kappa shape index (κ3) is 4.37. The number of likely N-dealkylation sites (N-methyl/N-ethyl adjacent to an activating group) is 1. The normalized spacial score (nSPS) is 25.0. The first kappa shape index (κ1) is 20.0. The summed E-state index contributed by atoms with van der Waals surface area (Å²) in [6.45, 7) is 5.23. The number of carbonyl (C=O) groups excluding carboxylic acids is 2. The van der Waals surface area contributed by atoms with E-state index in [0.717, 1.165) is 5.56 Å². The second kappa shape index (κ2) is 8.08. The summed E-state index contributed by atoms with van der Waals surface area (Å²) >= 11 is 0. The van der Waals surface area contributed by atoms with Crippen LogP contribution in [-0.2, 0) is 9.59 Å². The van der Waals surface area contributed by atoms with Gasteiger partial charge in [-0.2, -0.15) is 0 Å². The van der Waals surface area contributed by atoms with Crippen molar-refractivity contribution >= 4 is 23.6 Å². The number of urea groups is 1. The molecule has 2 saturated heterocycles. The Morgan fingerprint density at radius 1 is 1.29 bits per heavy atom. The van der Waals surface area contributed by atoms with E-state index in [1.165, 1.54) is 0 Å². The first-order valence-electron chi connectivity index (χ1n) is 9.55. The molecule has 3 rings (SSSR count). The molecule has 2 N–H and O–H groups in total. The van der Waals surface area contributed by atoms with Gasteiger partial charge in [0.05, 0.1) is 5.92 Å². The summed E-state index contributed by atoms with van der Waals surface area (Å²) in [5.74, 6) is -0.703. The minimum Gasteiger partial charge on any atom is -0.481 e. The molecule has 152 valence electrons. The van der Waals surface area contributed by atoms with Crippen molar-refractivity contribution in [3.63, 3.8) is 0 Å². The lowest BCUT2D eigenvalue weighted by molar-refractivity contribution is -0.143. The zero-order chi connectivity index (χ0) is 20.4.